The minimum Gasteiger partial charge on any atom is -0.477 e. The summed E-state index contributed by atoms with van der Waals surface area (Å²) in [6, 6.07) is 19.2. The number of rotatable bonds is 8. The minimum absolute atomic E-state index is 0.0365. The lowest BCUT2D eigenvalue weighted by Gasteiger charge is -2.24. The SMILES string of the molecule is CC(C)(CNC(=O)OCC1c2ccccc2-c2ccccc21)C(=O)NCc1ccc(C(=O)O)nc1. The van der Waals surface area contributed by atoms with Crippen LogP contribution < -0.4 is 10.6 Å². The Morgan fingerprint density at radius 3 is 2.14 bits per heavy atom. The van der Waals surface area contributed by atoms with Crippen LogP contribution in [0.4, 0.5) is 4.79 Å². The number of hydrogen-bond acceptors (Lipinski definition) is 5. The smallest absolute Gasteiger partial charge is 0.407 e. The molecule has 8 nitrogen and oxygen atoms in total. The largest absolute Gasteiger partial charge is 0.477 e. The van der Waals surface area contributed by atoms with Crippen LogP contribution in [0.1, 0.15) is 46.9 Å². The Bertz CT molecular complexity index is 1210. The monoisotopic (exact) mass is 473 g/mol. The van der Waals surface area contributed by atoms with Crippen molar-refractivity contribution in [2.75, 3.05) is 13.2 Å². The third-order valence-corrected chi connectivity index (χ3v) is 6.13. The molecule has 8 heteroatoms. The summed E-state index contributed by atoms with van der Waals surface area (Å²) in [7, 11) is 0. The van der Waals surface area contributed by atoms with Crippen LogP contribution in [0, 0.1) is 5.41 Å². The molecular formula is C27H27N3O5. The van der Waals surface area contributed by atoms with Gasteiger partial charge in [0, 0.05) is 25.2 Å². The van der Waals surface area contributed by atoms with Gasteiger partial charge in [-0.3, -0.25) is 4.79 Å². The first-order valence-electron chi connectivity index (χ1n) is 11.3. The number of carboxylic acids is 1. The molecule has 35 heavy (non-hydrogen) atoms. The normalized spacial score (nSPS) is 12.4. The summed E-state index contributed by atoms with van der Waals surface area (Å²) in [6.07, 6.45) is 0.826. The van der Waals surface area contributed by atoms with E-state index < -0.39 is 17.5 Å². The summed E-state index contributed by atoms with van der Waals surface area (Å²) >= 11 is 0. The van der Waals surface area contributed by atoms with Crippen LogP contribution in [0.15, 0.2) is 66.9 Å². The van der Waals surface area contributed by atoms with Gasteiger partial charge in [0.1, 0.15) is 12.3 Å². The number of fused-ring (bicyclic) bond motifs is 3. The Hall–Kier alpha value is -4.20. The number of aromatic nitrogens is 1. The molecule has 180 valence electrons. The molecule has 0 saturated heterocycles. The molecule has 0 atom stereocenters. The van der Waals surface area contributed by atoms with Crippen molar-refractivity contribution in [2.45, 2.75) is 26.3 Å². The quantitative estimate of drug-likeness (QED) is 0.456. The van der Waals surface area contributed by atoms with Gasteiger partial charge in [-0.1, -0.05) is 54.6 Å². The lowest BCUT2D eigenvalue weighted by atomic mass is 9.92. The second-order valence-corrected chi connectivity index (χ2v) is 9.10. The standard InChI is InChI=1S/C27H27N3O5/c1-27(2,25(33)29-14-17-11-12-23(24(31)32)28-13-17)16-30-26(34)35-15-22-20-9-5-3-7-18(20)19-8-4-6-10-21(19)22/h3-13,22H,14-16H2,1-2H3,(H,29,33)(H,30,34)(H,31,32). The first kappa shape index (κ1) is 23.9. The molecule has 0 radical (unpaired) electrons. The van der Waals surface area contributed by atoms with Crippen molar-refractivity contribution < 1.29 is 24.2 Å². The van der Waals surface area contributed by atoms with Crippen molar-refractivity contribution in [3.8, 4) is 11.1 Å². The number of ether oxygens (including phenoxy) is 1. The van der Waals surface area contributed by atoms with E-state index in [9.17, 15) is 14.4 Å². The fourth-order valence-electron chi connectivity index (χ4n) is 4.10. The highest BCUT2D eigenvalue weighted by Crippen LogP contribution is 2.44. The van der Waals surface area contributed by atoms with Gasteiger partial charge in [-0.25, -0.2) is 14.6 Å². The molecule has 1 heterocycles. The van der Waals surface area contributed by atoms with E-state index in [4.69, 9.17) is 9.84 Å². The molecule has 3 aromatic rings. The number of aromatic carboxylic acids is 1. The van der Waals surface area contributed by atoms with Crippen LogP contribution >= 0.6 is 0 Å². The zero-order valence-corrected chi connectivity index (χ0v) is 19.6. The molecule has 0 unspecified atom stereocenters. The number of benzene rings is 2. The van der Waals surface area contributed by atoms with E-state index >= 15 is 0 Å². The fraction of sp³-hybridized carbons (Fsp3) is 0.259. The Morgan fingerprint density at radius 1 is 0.943 bits per heavy atom. The average Bonchev–Trinajstić information content (AvgIpc) is 3.18. The molecule has 1 aliphatic rings. The topological polar surface area (TPSA) is 118 Å². The highest BCUT2D eigenvalue weighted by Gasteiger charge is 2.30. The molecule has 1 aliphatic carbocycles. The molecule has 3 N–H and O–H groups in total. The van der Waals surface area contributed by atoms with E-state index in [0.717, 1.165) is 22.3 Å². The van der Waals surface area contributed by atoms with E-state index in [1.165, 1.54) is 12.3 Å². The first-order chi connectivity index (χ1) is 16.8. The molecule has 4 rings (SSSR count). The summed E-state index contributed by atoms with van der Waals surface area (Å²) in [5.41, 5.74) is 4.29. The Labute approximate surface area is 203 Å². The number of carboxylic acid groups (broad SMARTS) is 1. The van der Waals surface area contributed by atoms with Crippen molar-refractivity contribution in [2.24, 2.45) is 5.41 Å². The van der Waals surface area contributed by atoms with Crippen LogP contribution in [0.2, 0.25) is 0 Å². The van der Waals surface area contributed by atoms with E-state index in [0.29, 0.717) is 5.56 Å². The van der Waals surface area contributed by atoms with Gasteiger partial charge in [-0.05, 0) is 47.7 Å². The number of nitrogens with one attached hydrogen (secondary N) is 2. The number of carbonyl (C=O) groups excluding carboxylic acids is 2. The van der Waals surface area contributed by atoms with E-state index in [-0.39, 0.29) is 37.2 Å². The summed E-state index contributed by atoms with van der Waals surface area (Å²) < 4.78 is 5.54. The predicted molar refractivity (Wildman–Crippen MR) is 130 cm³/mol. The van der Waals surface area contributed by atoms with Crippen LogP contribution in [-0.2, 0) is 16.1 Å². The van der Waals surface area contributed by atoms with Gasteiger partial charge in [0.2, 0.25) is 5.91 Å². The number of carbonyl (C=O) groups is 3. The highest BCUT2D eigenvalue weighted by molar-refractivity contribution is 5.85. The lowest BCUT2D eigenvalue weighted by Crippen LogP contribution is -2.44. The van der Waals surface area contributed by atoms with Gasteiger partial charge in [-0.2, -0.15) is 0 Å². The molecule has 1 aromatic heterocycles. The summed E-state index contributed by atoms with van der Waals surface area (Å²) in [4.78, 5) is 39.8. The van der Waals surface area contributed by atoms with Gasteiger partial charge in [-0.15, -0.1) is 0 Å². The summed E-state index contributed by atoms with van der Waals surface area (Å²) in [6.45, 7) is 3.92. The molecule has 0 bridgehead atoms. The number of hydrogen-bond donors (Lipinski definition) is 3. The molecule has 0 fully saturated rings. The fourth-order valence-corrected chi connectivity index (χ4v) is 4.10. The second-order valence-electron chi connectivity index (χ2n) is 9.10. The number of amides is 2. The predicted octanol–water partition coefficient (Wildman–Crippen LogP) is 3.96. The highest BCUT2D eigenvalue weighted by atomic mass is 16.5. The van der Waals surface area contributed by atoms with Crippen LogP contribution in [0.25, 0.3) is 11.1 Å². The van der Waals surface area contributed by atoms with E-state index in [1.54, 1.807) is 19.9 Å². The first-order valence-corrected chi connectivity index (χ1v) is 11.3. The molecular weight excluding hydrogens is 446 g/mol. The maximum Gasteiger partial charge on any atom is 0.407 e. The average molecular weight is 474 g/mol. The zero-order valence-electron chi connectivity index (χ0n) is 19.6. The number of pyridine rings is 1. The Morgan fingerprint density at radius 2 is 1.57 bits per heavy atom. The van der Waals surface area contributed by atoms with Gasteiger partial charge in [0.15, 0.2) is 0 Å². The van der Waals surface area contributed by atoms with Gasteiger partial charge >= 0.3 is 12.1 Å². The van der Waals surface area contributed by atoms with Gasteiger partial charge in [0.25, 0.3) is 0 Å². The van der Waals surface area contributed by atoms with Crippen molar-refractivity contribution in [1.29, 1.82) is 0 Å². The summed E-state index contributed by atoms with van der Waals surface area (Å²) in [5.74, 6) is -1.41. The lowest BCUT2D eigenvalue weighted by molar-refractivity contribution is -0.129. The third kappa shape index (κ3) is 5.32. The van der Waals surface area contributed by atoms with Gasteiger partial charge in [0.05, 0.1) is 5.41 Å². The maximum absolute atomic E-state index is 12.6. The van der Waals surface area contributed by atoms with Crippen LogP contribution in [0.3, 0.4) is 0 Å². The van der Waals surface area contributed by atoms with Gasteiger partial charge < -0.3 is 20.5 Å². The van der Waals surface area contributed by atoms with Crippen LogP contribution in [0.5, 0.6) is 0 Å². The second kappa shape index (κ2) is 9.97. The number of nitrogens with zero attached hydrogens (tertiary/aromatic N) is 1. The zero-order chi connectivity index (χ0) is 25.0. The maximum atomic E-state index is 12.6. The molecule has 0 spiro atoms. The molecule has 2 amide bonds. The minimum atomic E-state index is -1.11. The Kier molecular flexibility index (Phi) is 6.82. The molecule has 2 aromatic carbocycles. The van der Waals surface area contributed by atoms with Crippen molar-refractivity contribution in [3.05, 3.63) is 89.2 Å². The number of alkyl carbamates (subject to hydrolysis) is 1. The summed E-state index contributed by atoms with van der Waals surface area (Å²) in [5, 5.41) is 14.4. The molecule has 0 saturated carbocycles. The van der Waals surface area contributed by atoms with Crippen LogP contribution in [-0.4, -0.2) is 41.2 Å². The van der Waals surface area contributed by atoms with E-state index in [1.807, 2.05) is 24.3 Å². The third-order valence-electron chi connectivity index (χ3n) is 6.13. The Balaban J connectivity index is 1.28. The van der Waals surface area contributed by atoms with Crippen molar-refractivity contribution in [1.82, 2.24) is 15.6 Å². The van der Waals surface area contributed by atoms with Crippen molar-refractivity contribution >= 4 is 18.0 Å². The molecule has 0 aliphatic heterocycles. The van der Waals surface area contributed by atoms with E-state index in [2.05, 4.69) is 39.9 Å². The van der Waals surface area contributed by atoms with Crippen molar-refractivity contribution in [3.63, 3.8) is 0 Å².